The molecule has 1 aromatic rings. The van der Waals surface area contributed by atoms with Crippen LogP contribution in [0.1, 0.15) is 50.8 Å². The lowest BCUT2D eigenvalue weighted by Crippen LogP contribution is -2.44. The Balaban J connectivity index is 3.00. The van der Waals surface area contributed by atoms with Gasteiger partial charge in [0.15, 0.2) is 5.69 Å². The molecular weight excluding hydrogens is 272 g/mol. The molecular formula is C14H24N4O3. The number of ether oxygens (including phenoxy) is 1. The second kappa shape index (κ2) is 7.19. The molecule has 0 unspecified atom stereocenters. The van der Waals surface area contributed by atoms with Crippen LogP contribution in [-0.2, 0) is 22.5 Å². The van der Waals surface area contributed by atoms with Gasteiger partial charge in [-0.2, -0.15) is 0 Å². The summed E-state index contributed by atoms with van der Waals surface area (Å²) in [4.78, 5) is 25.8. The lowest BCUT2D eigenvalue weighted by atomic mass is 10.2. The quantitative estimate of drug-likeness (QED) is 0.739. The van der Waals surface area contributed by atoms with Gasteiger partial charge < -0.3 is 9.64 Å². The second-order valence-electron chi connectivity index (χ2n) is 5.38. The molecule has 0 fully saturated rings. The van der Waals surface area contributed by atoms with E-state index in [1.807, 2.05) is 34.6 Å². The number of carbonyl (C=O) groups excluding carboxylic acids is 2. The Morgan fingerprint density at radius 2 is 1.81 bits per heavy atom. The fourth-order valence-corrected chi connectivity index (χ4v) is 2.45. The van der Waals surface area contributed by atoms with E-state index in [1.165, 1.54) is 11.8 Å². The molecule has 0 bridgehead atoms. The van der Waals surface area contributed by atoms with Crippen molar-refractivity contribution < 1.29 is 14.3 Å². The number of hydrogen-bond donors (Lipinski definition) is 0. The number of aromatic nitrogens is 3. The van der Waals surface area contributed by atoms with E-state index in [0.29, 0.717) is 12.1 Å². The summed E-state index contributed by atoms with van der Waals surface area (Å²) in [6.07, 6.45) is 0.550. The molecule has 0 saturated heterocycles. The lowest BCUT2D eigenvalue weighted by molar-refractivity contribution is -0.135. The molecule has 1 rings (SSSR count). The van der Waals surface area contributed by atoms with Gasteiger partial charge in [-0.05, 0) is 34.1 Å². The molecule has 0 aliphatic carbocycles. The van der Waals surface area contributed by atoms with Crippen LogP contribution in [0.4, 0.5) is 0 Å². The first kappa shape index (κ1) is 17.1. The molecule has 1 amide bonds. The summed E-state index contributed by atoms with van der Waals surface area (Å²) in [7, 11) is 1.30. The highest BCUT2D eigenvalue weighted by atomic mass is 16.5. The van der Waals surface area contributed by atoms with E-state index in [0.717, 1.165) is 0 Å². The standard InChI is InChI=1S/C14H24N4O3/c1-7-11-13(14(20)21-6)15-16-17(11)8-12(19)18(9(2)3)10(4)5/h9-10H,7-8H2,1-6H3. The lowest BCUT2D eigenvalue weighted by Gasteiger charge is -2.30. The molecule has 118 valence electrons. The number of rotatable bonds is 6. The van der Waals surface area contributed by atoms with E-state index >= 15 is 0 Å². The van der Waals surface area contributed by atoms with Crippen molar-refractivity contribution in [2.24, 2.45) is 0 Å². The van der Waals surface area contributed by atoms with Crippen molar-refractivity contribution in [3.05, 3.63) is 11.4 Å². The molecule has 7 heteroatoms. The zero-order valence-electron chi connectivity index (χ0n) is 13.6. The fraction of sp³-hybridized carbons (Fsp3) is 0.714. The highest BCUT2D eigenvalue weighted by Crippen LogP contribution is 2.11. The molecule has 0 radical (unpaired) electrons. The zero-order valence-corrected chi connectivity index (χ0v) is 13.6. The predicted molar refractivity (Wildman–Crippen MR) is 77.9 cm³/mol. The number of amides is 1. The van der Waals surface area contributed by atoms with Gasteiger partial charge in [0.05, 0.1) is 12.8 Å². The summed E-state index contributed by atoms with van der Waals surface area (Å²) in [6.45, 7) is 9.84. The van der Waals surface area contributed by atoms with Crippen molar-refractivity contribution in [2.75, 3.05) is 7.11 Å². The van der Waals surface area contributed by atoms with E-state index in [4.69, 9.17) is 0 Å². The highest BCUT2D eigenvalue weighted by molar-refractivity contribution is 5.88. The van der Waals surface area contributed by atoms with Crippen molar-refractivity contribution >= 4 is 11.9 Å². The average molecular weight is 296 g/mol. The summed E-state index contributed by atoms with van der Waals surface area (Å²) in [5, 5.41) is 7.74. The van der Waals surface area contributed by atoms with Gasteiger partial charge in [-0.15, -0.1) is 5.10 Å². The van der Waals surface area contributed by atoms with E-state index < -0.39 is 5.97 Å². The maximum Gasteiger partial charge on any atom is 0.360 e. The fourth-order valence-electron chi connectivity index (χ4n) is 2.45. The monoisotopic (exact) mass is 296 g/mol. The average Bonchev–Trinajstić information content (AvgIpc) is 2.79. The summed E-state index contributed by atoms with van der Waals surface area (Å²) in [5.41, 5.74) is 0.788. The van der Waals surface area contributed by atoms with Crippen molar-refractivity contribution in [3.63, 3.8) is 0 Å². The Labute approximate surface area is 125 Å². The van der Waals surface area contributed by atoms with Gasteiger partial charge in [-0.1, -0.05) is 12.1 Å². The van der Waals surface area contributed by atoms with Gasteiger partial charge in [0, 0.05) is 12.1 Å². The Morgan fingerprint density at radius 3 is 2.24 bits per heavy atom. The van der Waals surface area contributed by atoms with Gasteiger partial charge in [-0.25, -0.2) is 9.48 Å². The van der Waals surface area contributed by atoms with E-state index in [-0.39, 0.29) is 30.2 Å². The van der Waals surface area contributed by atoms with Crippen LogP contribution in [0.2, 0.25) is 0 Å². The van der Waals surface area contributed by atoms with E-state index in [9.17, 15) is 9.59 Å². The Bertz CT molecular complexity index is 500. The molecule has 1 heterocycles. The molecule has 0 spiro atoms. The first-order valence-corrected chi connectivity index (χ1v) is 7.15. The topological polar surface area (TPSA) is 77.3 Å². The Kier molecular flexibility index (Phi) is 5.87. The molecule has 0 N–H and O–H groups in total. The number of carbonyl (C=O) groups is 2. The summed E-state index contributed by atoms with van der Waals surface area (Å²) < 4.78 is 6.15. The van der Waals surface area contributed by atoms with Crippen LogP contribution in [0.3, 0.4) is 0 Å². The number of esters is 1. The Hall–Kier alpha value is -1.92. The van der Waals surface area contributed by atoms with Crippen molar-refractivity contribution in [2.45, 2.75) is 59.7 Å². The minimum Gasteiger partial charge on any atom is -0.464 e. The van der Waals surface area contributed by atoms with Crippen molar-refractivity contribution in [1.29, 1.82) is 0 Å². The third kappa shape index (κ3) is 3.80. The minimum absolute atomic E-state index is 0.0454. The second-order valence-corrected chi connectivity index (χ2v) is 5.38. The van der Waals surface area contributed by atoms with Crippen LogP contribution in [0.15, 0.2) is 0 Å². The van der Waals surface area contributed by atoms with Crippen LogP contribution in [0.25, 0.3) is 0 Å². The molecule has 1 aromatic heterocycles. The first-order chi connectivity index (χ1) is 9.83. The maximum absolute atomic E-state index is 12.4. The number of nitrogens with zero attached hydrogens (tertiary/aromatic N) is 4. The highest BCUT2D eigenvalue weighted by Gasteiger charge is 2.24. The summed E-state index contributed by atoms with van der Waals surface area (Å²) >= 11 is 0. The minimum atomic E-state index is -0.532. The summed E-state index contributed by atoms with van der Waals surface area (Å²) in [6, 6.07) is 0.206. The largest absolute Gasteiger partial charge is 0.464 e. The molecule has 0 aliphatic heterocycles. The van der Waals surface area contributed by atoms with Crippen LogP contribution < -0.4 is 0 Å². The van der Waals surface area contributed by atoms with Crippen LogP contribution >= 0.6 is 0 Å². The number of hydrogen-bond acceptors (Lipinski definition) is 5. The molecule has 7 nitrogen and oxygen atoms in total. The van der Waals surface area contributed by atoms with E-state index in [2.05, 4.69) is 15.0 Å². The third-order valence-corrected chi connectivity index (χ3v) is 3.24. The predicted octanol–water partition coefficient (Wildman–Crippen LogP) is 1.27. The third-order valence-electron chi connectivity index (χ3n) is 3.24. The summed E-state index contributed by atoms with van der Waals surface area (Å²) in [5.74, 6) is -0.578. The zero-order chi connectivity index (χ0) is 16.2. The molecule has 0 saturated carbocycles. The molecule has 0 aliphatic rings. The number of methoxy groups -OCH3 is 1. The van der Waals surface area contributed by atoms with E-state index in [1.54, 1.807) is 4.90 Å². The first-order valence-electron chi connectivity index (χ1n) is 7.15. The van der Waals surface area contributed by atoms with Gasteiger partial charge in [0.2, 0.25) is 5.91 Å². The van der Waals surface area contributed by atoms with Gasteiger partial charge >= 0.3 is 5.97 Å². The Morgan fingerprint density at radius 1 is 1.24 bits per heavy atom. The van der Waals surface area contributed by atoms with Crippen LogP contribution in [0.5, 0.6) is 0 Å². The van der Waals surface area contributed by atoms with Gasteiger partial charge in [0.1, 0.15) is 6.54 Å². The molecule has 0 aromatic carbocycles. The van der Waals surface area contributed by atoms with Gasteiger partial charge in [-0.3, -0.25) is 4.79 Å². The SMILES string of the molecule is CCc1c(C(=O)OC)nnn1CC(=O)N(C(C)C)C(C)C. The molecule has 21 heavy (non-hydrogen) atoms. The van der Waals surface area contributed by atoms with Crippen molar-refractivity contribution in [1.82, 2.24) is 19.9 Å². The maximum atomic E-state index is 12.4. The van der Waals surface area contributed by atoms with Crippen LogP contribution in [0, 0.1) is 0 Å². The van der Waals surface area contributed by atoms with Crippen LogP contribution in [-0.4, -0.2) is 51.0 Å². The molecule has 0 atom stereocenters. The normalized spacial score (nSPS) is 11.0. The smallest absolute Gasteiger partial charge is 0.360 e. The van der Waals surface area contributed by atoms with Crippen molar-refractivity contribution in [3.8, 4) is 0 Å². The van der Waals surface area contributed by atoms with Gasteiger partial charge in [0.25, 0.3) is 0 Å².